The molecule has 0 radical (unpaired) electrons. The number of nitrogens with zero attached hydrogens (tertiary/aromatic N) is 2. The molecule has 1 aromatic heterocycles. The summed E-state index contributed by atoms with van der Waals surface area (Å²) >= 11 is 1.43. The van der Waals surface area contributed by atoms with Gasteiger partial charge in [-0.15, -0.1) is 36.2 Å². The predicted octanol–water partition coefficient (Wildman–Crippen LogP) is 2.49. The minimum atomic E-state index is 0. The largest absolute Gasteiger partial charge is 0.338 e. The van der Waals surface area contributed by atoms with Crippen LogP contribution in [-0.4, -0.2) is 34.9 Å². The first-order valence-corrected chi connectivity index (χ1v) is 6.92. The van der Waals surface area contributed by atoms with Gasteiger partial charge in [-0.3, -0.25) is 4.79 Å². The van der Waals surface area contributed by atoms with E-state index in [4.69, 9.17) is 5.73 Å². The number of aromatic nitrogens is 1. The van der Waals surface area contributed by atoms with E-state index in [-0.39, 0.29) is 36.8 Å². The number of carbonyl (C=O) groups is 1. The molecule has 110 valence electrons. The summed E-state index contributed by atoms with van der Waals surface area (Å²) in [5, 5.41) is 0. The molecule has 0 aliphatic carbocycles. The molecule has 1 fully saturated rings. The fraction of sp³-hybridized carbons (Fsp3) is 0.667. The maximum Gasteiger partial charge on any atom is 0.265 e. The second-order valence-corrected chi connectivity index (χ2v) is 5.63. The van der Waals surface area contributed by atoms with E-state index in [2.05, 4.69) is 4.98 Å². The van der Waals surface area contributed by atoms with Gasteiger partial charge in [-0.2, -0.15) is 0 Å². The molecular weight excluding hydrogens is 305 g/mol. The summed E-state index contributed by atoms with van der Waals surface area (Å²) in [6.07, 6.45) is 2.18. The normalized spacial score (nSPS) is 20.2. The Bertz CT molecular complexity index is 411. The first-order valence-electron chi connectivity index (χ1n) is 6.04. The van der Waals surface area contributed by atoms with Gasteiger partial charge in [-0.25, -0.2) is 4.98 Å². The standard InChI is InChI=1S/C12H19N3OS.2ClH/c1-8(13)10-4-3-5-15(6-10)12(16)11-9(2)14-7-17-11;;/h7-8,10H,3-6,13H2,1-2H3;2*1H. The molecule has 0 spiro atoms. The number of likely N-dealkylation sites (tertiary alicyclic amines) is 1. The van der Waals surface area contributed by atoms with Crippen LogP contribution >= 0.6 is 36.2 Å². The van der Waals surface area contributed by atoms with Crippen LogP contribution in [0.1, 0.15) is 35.1 Å². The van der Waals surface area contributed by atoms with Crippen LogP contribution < -0.4 is 5.73 Å². The first-order chi connectivity index (χ1) is 8.09. The minimum absolute atomic E-state index is 0. The number of rotatable bonds is 2. The van der Waals surface area contributed by atoms with Crippen LogP contribution in [0.25, 0.3) is 0 Å². The summed E-state index contributed by atoms with van der Waals surface area (Å²) in [4.78, 5) is 19.1. The Morgan fingerprint density at radius 1 is 1.58 bits per heavy atom. The van der Waals surface area contributed by atoms with Gasteiger partial charge >= 0.3 is 0 Å². The number of nitrogens with two attached hydrogens (primary N) is 1. The number of halogens is 2. The fourth-order valence-electron chi connectivity index (χ4n) is 2.27. The third-order valence-electron chi connectivity index (χ3n) is 3.43. The first kappa shape index (κ1) is 18.6. The highest BCUT2D eigenvalue weighted by Gasteiger charge is 2.27. The molecule has 0 bridgehead atoms. The smallest absolute Gasteiger partial charge is 0.265 e. The van der Waals surface area contributed by atoms with Crippen molar-refractivity contribution in [3.63, 3.8) is 0 Å². The third kappa shape index (κ3) is 4.31. The summed E-state index contributed by atoms with van der Waals surface area (Å²) in [5.41, 5.74) is 8.50. The van der Waals surface area contributed by atoms with Gasteiger partial charge in [0.1, 0.15) is 4.88 Å². The SMILES string of the molecule is Cc1ncsc1C(=O)N1CCCC(C(C)N)C1.Cl.Cl. The fourth-order valence-corrected chi connectivity index (χ4v) is 3.04. The quantitative estimate of drug-likeness (QED) is 0.908. The van der Waals surface area contributed by atoms with Gasteiger partial charge < -0.3 is 10.6 Å². The molecule has 1 aromatic rings. The summed E-state index contributed by atoms with van der Waals surface area (Å²) in [6.45, 7) is 5.54. The van der Waals surface area contributed by atoms with Crippen molar-refractivity contribution in [3.05, 3.63) is 16.1 Å². The van der Waals surface area contributed by atoms with Gasteiger partial charge in [0.2, 0.25) is 0 Å². The van der Waals surface area contributed by atoms with Crippen LogP contribution in [0.5, 0.6) is 0 Å². The Labute approximate surface area is 130 Å². The number of hydrogen-bond donors (Lipinski definition) is 1. The van der Waals surface area contributed by atoms with Gasteiger partial charge in [0.05, 0.1) is 11.2 Å². The molecular formula is C12H21Cl2N3OS. The maximum atomic E-state index is 12.3. The molecule has 4 nitrogen and oxygen atoms in total. The summed E-state index contributed by atoms with van der Waals surface area (Å²) in [5.74, 6) is 0.552. The zero-order valence-electron chi connectivity index (χ0n) is 11.2. The molecule has 2 rings (SSSR count). The topological polar surface area (TPSA) is 59.2 Å². The van der Waals surface area contributed by atoms with Crippen molar-refractivity contribution in [2.24, 2.45) is 11.7 Å². The lowest BCUT2D eigenvalue weighted by Crippen LogP contribution is -2.45. The van der Waals surface area contributed by atoms with E-state index in [1.807, 2.05) is 18.7 Å². The minimum Gasteiger partial charge on any atom is -0.338 e. The second-order valence-electron chi connectivity index (χ2n) is 4.78. The highest BCUT2D eigenvalue weighted by Crippen LogP contribution is 2.22. The second kappa shape index (κ2) is 8.04. The predicted molar refractivity (Wildman–Crippen MR) is 83.6 cm³/mol. The lowest BCUT2D eigenvalue weighted by Gasteiger charge is -2.34. The van der Waals surface area contributed by atoms with E-state index < -0.39 is 0 Å². The van der Waals surface area contributed by atoms with Crippen molar-refractivity contribution in [2.45, 2.75) is 32.7 Å². The van der Waals surface area contributed by atoms with E-state index in [1.165, 1.54) is 11.3 Å². The molecule has 1 amide bonds. The summed E-state index contributed by atoms with van der Waals surface area (Å²) in [6, 6.07) is 0.160. The van der Waals surface area contributed by atoms with Gasteiger partial charge in [-0.1, -0.05) is 0 Å². The van der Waals surface area contributed by atoms with Crippen LogP contribution in [0, 0.1) is 12.8 Å². The Hall–Kier alpha value is -0.360. The van der Waals surface area contributed by atoms with Crippen molar-refractivity contribution in [1.82, 2.24) is 9.88 Å². The summed E-state index contributed by atoms with van der Waals surface area (Å²) < 4.78 is 0. The monoisotopic (exact) mass is 325 g/mol. The molecule has 1 aliphatic rings. The van der Waals surface area contributed by atoms with Crippen molar-refractivity contribution >= 4 is 42.1 Å². The molecule has 1 saturated heterocycles. The Morgan fingerprint density at radius 3 is 2.79 bits per heavy atom. The molecule has 2 unspecified atom stereocenters. The van der Waals surface area contributed by atoms with Crippen LogP contribution in [0.3, 0.4) is 0 Å². The van der Waals surface area contributed by atoms with E-state index in [0.717, 1.165) is 36.5 Å². The lowest BCUT2D eigenvalue weighted by molar-refractivity contribution is 0.0665. The zero-order valence-corrected chi connectivity index (χ0v) is 13.6. The molecule has 0 saturated carbocycles. The number of carbonyl (C=O) groups excluding carboxylic acids is 1. The summed E-state index contributed by atoms with van der Waals surface area (Å²) in [7, 11) is 0. The average Bonchev–Trinajstić information content (AvgIpc) is 2.74. The molecule has 2 atom stereocenters. The van der Waals surface area contributed by atoms with Crippen molar-refractivity contribution in [3.8, 4) is 0 Å². The zero-order chi connectivity index (χ0) is 12.4. The highest BCUT2D eigenvalue weighted by molar-refractivity contribution is 7.11. The van der Waals surface area contributed by atoms with Crippen LogP contribution in [-0.2, 0) is 0 Å². The van der Waals surface area contributed by atoms with Crippen molar-refractivity contribution < 1.29 is 4.79 Å². The Kier molecular flexibility index (Phi) is 7.89. The van der Waals surface area contributed by atoms with E-state index in [1.54, 1.807) is 5.51 Å². The highest BCUT2D eigenvalue weighted by atomic mass is 35.5. The molecule has 2 N–H and O–H groups in total. The van der Waals surface area contributed by atoms with Crippen LogP contribution in [0.4, 0.5) is 0 Å². The maximum absolute atomic E-state index is 12.3. The lowest BCUT2D eigenvalue weighted by atomic mass is 9.92. The molecule has 2 heterocycles. The number of amides is 1. The number of aryl methyl sites for hydroxylation is 1. The van der Waals surface area contributed by atoms with Gasteiger partial charge in [-0.05, 0) is 32.6 Å². The Balaban J connectivity index is 0.00000162. The van der Waals surface area contributed by atoms with E-state index >= 15 is 0 Å². The molecule has 0 aromatic carbocycles. The van der Waals surface area contributed by atoms with Gasteiger partial charge in [0, 0.05) is 19.1 Å². The van der Waals surface area contributed by atoms with Crippen molar-refractivity contribution in [2.75, 3.05) is 13.1 Å². The third-order valence-corrected chi connectivity index (χ3v) is 4.34. The van der Waals surface area contributed by atoms with Crippen molar-refractivity contribution in [1.29, 1.82) is 0 Å². The average molecular weight is 326 g/mol. The molecule has 7 heteroatoms. The molecule has 19 heavy (non-hydrogen) atoms. The Morgan fingerprint density at radius 2 is 2.26 bits per heavy atom. The molecule has 1 aliphatic heterocycles. The van der Waals surface area contributed by atoms with E-state index in [9.17, 15) is 4.79 Å². The van der Waals surface area contributed by atoms with Gasteiger partial charge in [0.15, 0.2) is 0 Å². The van der Waals surface area contributed by atoms with E-state index in [0.29, 0.717) is 5.92 Å². The number of piperidine rings is 1. The van der Waals surface area contributed by atoms with Gasteiger partial charge in [0.25, 0.3) is 5.91 Å². The number of thiazole rings is 1. The number of hydrogen-bond acceptors (Lipinski definition) is 4. The van der Waals surface area contributed by atoms with Crippen LogP contribution in [0.15, 0.2) is 5.51 Å². The van der Waals surface area contributed by atoms with Crippen LogP contribution in [0.2, 0.25) is 0 Å².